The maximum atomic E-state index is 11.7. The van der Waals surface area contributed by atoms with Crippen molar-refractivity contribution in [3.8, 4) is 0 Å². The monoisotopic (exact) mass is 396 g/mol. The van der Waals surface area contributed by atoms with E-state index in [0.29, 0.717) is 0 Å². The minimum absolute atomic E-state index is 0.287. The van der Waals surface area contributed by atoms with Gasteiger partial charge in [-0.15, -0.1) is 11.8 Å². The largest absolute Gasteiger partial charge is 0.456 e. The lowest BCUT2D eigenvalue weighted by Gasteiger charge is -2.48. The average Bonchev–Trinajstić information content (AvgIpc) is 2.64. The highest BCUT2D eigenvalue weighted by Crippen LogP contribution is 2.39. The van der Waals surface area contributed by atoms with E-state index in [0.717, 1.165) is 11.3 Å². The van der Waals surface area contributed by atoms with Crippen molar-refractivity contribution in [3.05, 3.63) is 35.9 Å². The molecule has 0 unspecified atom stereocenters. The topological polar surface area (TPSA) is 80.3 Å². The zero-order valence-electron chi connectivity index (χ0n) is 15.5. The Bertz CT molecular complexity index is 653. The lowest BCUT2D eigenvalue weighted by atomic mass is 9.98. The van der Waals surface area contributed by atoms with Gasteiger partial charge in [0.25, 0.3) is 0 Å². The van der Waals surface area contributed by atoms with Gasteiger partial charge in [-0.3, -0.25) is 9.59 Å². The summed E-state index contributed by atoms with van der Waals surface area (Å²) in [6.07, 6.45) is -3.17. The third-order valence-electron chi connectivity index (χ3n) is 4.29. The molecule has 2 aliphatic heterocycles. The molecule has 3 rings (SSSR count). The summed E-state index contributed by atoms with van der Waals surface area (Å²) in [5, 5.41) is 0. The molecule has 0 saturated carbocycles. The summed E-state index contributed by atoms with van der Waals surface area (Å²) < 4.78 is 29.0. The summed E-state index contributed by atoms with van der Waals surface area (Å²) in [5.74, 6) is -0.182. The molecule has 2 aliphatic rings. The van der Waals surface area contributed by atoms with Crippen LogP contribution in [0.5, 0.6) is 0 Å². The summed E-state index contributed by atoms with van der Waals surface area (Å²) in [4.78, 5) is 23.4. The number of carbonyl (C=O) groups excluding carboxylic acids is 2. The highest BCUT2D eigenvalue weighted by atomic mass is 32.2. The molecule has 0 N–H and O–H groups in total. The summed E-state index contributed by atoms with van der Waals surface area (Å²) >= 11 is 1.48. The van der Waals surface area contributed by atoms with E-state index in [1.54, 1.807) is 0 Å². The number of benzene rings is 1. The van der Waals surface area contributed by atoms with Crippen molar-refractivity contribution in [2.45, 2.75) is 56.9 Å². The molecule has 2 fully saturated rings. The van der Waals surface area contributed by atoms with Crippen molar-refractivity contribution in [1.82, 2.24) is 0 Å². The highest BCUT2D eigenvalue weighted by molar-refractivity contribution is 7.99. The number of esters is 2. The van der Waals surface area contributed by atoms with E-state index < -0.39 is 48.1 Å². The Hall–Kier alpha value is -1.61. The predicted molar refractivity (Wildman–Crippen MR) is 97.9 cm³/mol. The van der Waals surface area contributed by atoms with E-state index >= 15 is 0 Å². The molecular weight excluding hydrogens is 372 g/mol. The molecule has 2 heterocycles. The van der Waals surface area contributed by atoms with E-state index in [1.807, 2.05) is 37.3 Å². The first-order valence-corrected chi connectivity index (χ1v) is 9.98. The van der Waals surface area contributed by atoms with Crippen LogP contribution < -0.4 is 0 Å². The first kappa shape index (κ1) is 20.1. The fourth-order valence-corrected chi connectivity index (χ4v) is 4.22. The number of fused-ring (bicyclic) bond motifs is 1. The van der Waals surface area contributed by atoms with E-state index in [2.05, 4.69) is 0 Å². The Labute approximate surface area is 162 Å². The number of ether oxygens (including phenoxy) is 5. The Morgan fingerprint density at radius 3 is 2.37 bits per heavy atom. The molecule has 27 heavy (non-hydrogen) atoms. The lowest BCUT2D eigenvalue weighted by molar-refractivity contribution is -0.320. The molecule has 6 atom stereocenters. The van der Waals surface area contributed by atoms with Gasteiger partial charge in [-0.1, -0.05) is 37.3 Å². The number of rotatable bonds is 5. The van der Waals surface area contributed by atoms with Gasteiger partial charge in [0.05, 0.1) is 6.61 Å². The lowest BCUT2D eigenvalue weighted by Crippen LogP contribution is -2.63. The van der Waals surface area contributed by atoms with E-state index in [-0.39, 0.29) is 6.61 Å². The third kappa shape index (κ3) is 4.82. The molecule has 7 nitrogen and oxygen atoms in total. The molecule has 0 aromatic heterocycles. The van der Waals surface area contributed by atoms with Gasteiger partial charge in [0.1, 0.15) is 17.6 Å². The van der Waals surface area contributed by atoms with E-state index in [4.69, 9.17) is 23.7 Å². The average molecular weight is 396 g/mol. The normalized spacial score (nSPS) is 33.0. The second-order valence-electron chi connectivity index (χ2n) is 6.32. The maximum absolute atomic E-state index is 11.7. The first-order chi connectivity index (χ1) is 13.0. The molecule has 8 heteroatoms. The molecule has 148 valence electrons. The Balaban J connectivity index is 1.86. The van der Waals surface area contributed by atoms with Gasteiger partial charge in [-0.25, -0.2) is 0 Å². The summed E-state index contributed by atoms with van der Waals surface area (Å²) in [6, 6.07) is 9.49. The van der Waals surface area contributed by atoms with Gasteiger partial charge >= 0.3 is 11.9 Å². The highest BCUT2D eigenvalue weighted by Gasteiger charge is 2.53. The standard InChI is InChI=1S/C19H24O7S/c1-4-27-19-17(24-12(3)21)16(23-11(2)20)15-14(25-19)10-22-18(26-15)13-8-6-5-7-9-13/h5-9,14-19H,4,10H2,1-3H3/t14-,15-,16+,17-,18-,19+/m1/s1. The fourth-order valence-electron chi connectivity index (χ4n) is 3.27. The number of carbonyl (C=O) groups is 2. The van der Waals surface area contributed by atoms with Crippen LogP contribution >= 0.6 is 11.8 Å². The van der Waals surface area contributed by atoms with Gasteiger partial charge < -0.3 is 23.7 Å². The van der Waals surface area contributed by atoms with Crippen molar-refractivity contribution in [2.24, 2.45) is 0 Å². The second-order valence-corrected chi connectivity index (χ2v) is 7.70. The van der Waals surface area contributed by atoms with Crippen LogP contribution in [0.1, 0.15) is 32.6 Å². The third-order valence-corrected chi connectivity index (χ3v) is 5.33. The molecule has 1 aromatic carbocycles. The molecule has 2 saturated heterocycles. The van der Waals surface area contributed by atoms with Crippen LogP contribution in [0.2, 0.25) is 0 Å². The maximum Gasteiger partial charge on any atom is 0.303 e. The smallest absolute Gasteiger partial charge is 0.303 e. The summed E-state index contributed by atoms with van der Waals surface area (Å²) in [7, 11) is 0. The van der Waals surface area contributed by atoms with E-state index in [1.165, 1.54) is 25.6 Å². The fraction of sp³-hybridized carbons (Fsp3) is 0.579. The molecule has 1 aromatic rings. The molecule has 0 radical (unpaired) electrons. The van der Waals surface area contributed by atoms with Crippen LogP contribution in [0.3, 0.4) is 0 Å². The Morgan fingerprint density at radius 1 is 1.07 bits per heavy atom. The second kappa shape index (κ2) is 9.05. The van der Waals surface area contributed by atoms with Crippen LogP contribution in [0.4, 0.5) is 0 Å². The van der Waals surface area contributed by atoms with Gasteiger partial charge in [0, 0.05) is 19.4 Å². The van der Waals surface area contributed by atoms with Crippen LogP contribution in [0.15, 0.2) is 30.3 Å². The minimum Gasteiger partial charge on any atom is -0.456 e. The predicted octanol–water partition coefficient (Wildman–Crippen LogP) is 2.44. The SMILES string of the molecule is CCS[C@@H]1O[C@@H]2CO[C@@H](c3ccccc3)O[C@H]2[C@H](OC(C)=O)[C@H]1OC(C)=O. The van der Waals surface area contributed by atoms with Gasteiger partial charge in [-0.2, -0.15) is 0 Å². The Kier molecular flexibility index (Phi) is 6.75. The van der Waals surface area contributed by atoms with Crippen LogP contribution in [0.25, 0.3) is 0 Å². The van der Waals surface area contributed by atoms with Crippen molar-refractivity contribution < 1.29 is 33.3 Å². The molecule has 0 spiro atoms. The van der Waals surface area contributed by atoms with Gasteiger partial charge in [0.2, 0.25) is 0 Å². The molecule has 0 bridgehead atoms. The van der Waals surface area contributed by atoms with Crippen molar-refractivity contribution in [1.29, 1.82) is 0 Å². The number of hydrogen-bond acceptors (Lipinski definition) is 8. The molecular formula is C19H24O7S. The molecule has 0 aliphatic carbocycles. The van der Waals surface area contributed by atoms with Gasteiger partial charge in [0.15, 0.2) is 18.5 Å². The zero-order valence-corrected chi connectivity index (χ0v) is 16.3. The number of thioether (sulfide) groups is 1. The van der Waals surface area contributed by atoms with Crippen LogP contribution in [-0.2, 0) is 33.3 Å². The first-order valence-electron chi connectivity index (χ1n) is 8.93. The minimum atomic E-state index is -0.774. The quantitative estimate of drug-likeness (QED) is 0.702. The van der Waals surface area contributed by atoms with E-state index in [9.17, 15) is 9.59 Å². The Morgan fingerprint density at radius 2 is 1.74 bits per heavy atom. The van der Waals surface area contributed by atoms with Crippen molar-refractivity contribution in [3.63, 3.8) is 0 Å². The zero-order chi connectivity index (χ0) is 19.4. The van der Waals surface area contributed by atoms with Crippen LogP contribution in [0, 0.1) is 0 Å². The van der Waals surface area contributed by atoms with Crippen molar-refractivity contribution in [2.75, 3.05) is 12.4 Å². The summed E-state index contributed by atoms with van der Waals surface area (Å²) in [6.45, 7) is 4.91. The summed E-state index contributed by atoms with van der Waals surface area (Å²) in [5.41, 5.74) is 0.386. The van der Waals surface area contributed by atoms with Gasteiger partial charge in [-0.05, 0) is 5.75 Å². The van der Waals surface area contributed by atoms with Crippen LogP contribution in [-0.4, -0.2) is 54.2 Å². The number of hydrogen-bond donors (Lipinski definition) is 0. The van der Waals surface area contributed by atoms with Crippen molar-refractivity contribution >= 4 is 23.7 Å². The molecule has 0 amide bonds.